The van der Waals surface area contributed by atoms with E-state index in [1.807, 2.05) is 4.40 Å². The van der Waals surface area contributed by atoms with Gasteiger partial charge in [0.2, 0.25) is 0 Å². The third-order valence-corrected chi connectivity index (χ3v) is 7.02. The average Bonchev–Trinajstić information content (AvgIpc) is 3.34. The molecule has 5 rings (SSSR count). The number of ether oxygens (including phenoxy) is 1. The van der Waals surface area contributed by atoms with Crippen LogP contribution in [0.3, 0.4) is 0 Å². The molecule has 134 valence electrons. The van der Waals surface area contributed by atoms with Gasteiger partial charge in [-0.3, -0.25) is 4.79 Å². The number of hydrogen-bond donors (Lipinski definition) is 0. The fourth-order valence-electron chi connectivity index (χ4n) is 3.68. The molecule has 0 N–H and O–H groups in total. The predicted molar refractivity (Wildman–Crippen MR) is 99.0 cm³/mol. The number of thiophene rings is 1. The Morgan fingerprint density at radius 1 is 1.46 bits per heavy atom. The highest BCUT2D eigenvalue weighted by atomic mass is 32.2. The lowest BCUT2D eigenvalue weighted by atomic mass is 9.87. The van der Waals surface area contributed by atoms with E-state index in [0.717, 1.165) is 22.3 Å². The smallest absolute Gasteiger partial charge is 0.316 e. The van der Waals surface area contributed by atoms with Crippen LogP contribution in [0, 0.1) is 0 Å². The number of fused-ring (bicyclic) bond motifs is 8. The average molecular weight is 388 g/mol. The van der Waals surface area contributed by atoms with Crippen molar-refractivity contribution in [3.63, 3.8) is 0 Å². The number of carbonyl (C=O) groups excluding carboxylic acids is 1. The summed E-state index contributed by atoms with van der Waals surface area (Å²) in [4.78, 5) is 18.6. The largest absolute Gasteiger partial charge is 0.468 e. The van der Waals surface area contributed by atoms with Gasteiger partial charge < -0.3 is 4.74 Å². The topological polar surface area (TPSA) is 86.7 Å². The molecule has 4 aromatic heterocycles. The zero-order chi connectivity index (χ0) is 17.8. The van der Waals surface area contributed by atoms with Crippen LogP contribution in [0.25, 0.3) is 21.6 Å². The van der Waals surface area contributed by atoms with Crippen LogP contribution in [-0.4, -0.2) is 48.0 Å². The Hall–Kier alpha value is -2.20. The van der Waals surface area contributed by atoms with Crippen molar-refractivity contribution in [2.75, 3.05) is 12.9 Å². The van der Waals surface area contributed by atoms with E-state index in [1.54, 1.807) is 22.2 Å². The highest BCUT2D eigenvalue weighted by molar-refractivity contribution is 7.99. The first kappa shape index (κ1) is 16.0. The Morgan fingerprint density at radius 3 is 3.19 bits per heavy atom. The second kappa shape index (κ2) is 5.92. The molecule has 0 saturated heterocycles. The highest BCUT2D eigenvalue weighted by Gasteiger charge is 2.27. The van der Waals surface area contributed by atoms with Crippen LogP contribution in [0.15, 0.2) is 11.5 Å². The molecule has 0 radical (unpaired) electrons. The summed E-state index contributed by atoms with van der Waals surface area (Å²) >= 11 is 3.10. The molecule has 8 nitrogen and oxygen atoms in total. The molecule has 0 bridgehead atoms. The van der Waals surface area contributed by atoms with E-state index in [-0.39, 0.29) is 11.7 Å². The first-order chi connectivity index (χ1) is 12.7. The summed E-state index contributed by atoms with van der Waals surface area (Å²) in [5.74, 6) is 1.01. The Morgan fingerprint density at radius 2 is 2.35 bits per heavy atom. The maximum atomic E-state index is 11.6. The quantitative estimate of drug-likeness (QED) is 0.394. The number of hydrogen-bond acceptors (Lipinski definition) is 8. The molecular formula is C16H16N6O2S2. The van der Waals surface area contributed by atoms with Gasteiger partial charge in [0.1, 0.15) is 11.2 Å². The third-order valence-electron chi connectivity index (χ3n) is 4.86. The summed E-state index contributed by atoms with van der Waals surface area (Å²) in [5, 5.41) is 14.8. The van der Waals surface area contributed by atoms with Crippen LogP contribution in [0.1, 0.15) is 36.1 Å². The van der Waals surface area contributed by atoms with Crippen LogP contribution in [-0.2, 0) is 16.0 Å². The van der Waals surface area contributed by atoms with Gasteiger partial charge in [0.25, 0.3) is 5.78 Å². The Labute approximate surface area is 156 Å². The van der Waals surface area contributed by atoms with Crippen molar-refractivity contribution >= 4 is 50.7 Å². The fraction of sp³-hybridized carbons (Fsp3) is 0.438. The van der Waals surface area contributed by atoms with Gasteiger partial charge in [0.15, 0.2) is 10.8 Å². The van der Waals surface area contributed by atoms with Crippen molar-refractivity contribution in [3.8, 4) is 0 Å². The summed E-state index contributed by atoms with van der Waals surface area (Å²) in [6.07, 6.45) is 5.04. The van der Waals surface area contributed by atoms with Gasteiger partial charge in [0.05, 0.1) is 18.2 Å². The predicted octanol–water partition coefficient (Wildman–Crippen LogP) is 2.69. The van der Waals surface area contributed by atoms with Gasteiger partial charge >= 0.3 is 5.97 Å². The first-order valence-electron chi connectivity index (χ1n) is 8.40. The molecule has 0 aromatic carbocycles. The zero-order valence-electron chi connectivity index (χ0n) is 14.3. The van der Waals surface area contributed by atoms with Crippen molar-refractivity contribution in [2.24, 2.45) is 0 Å². The Balaban J connectivity index is 1.83. The van der Waals surface area contributed by atoms with E-state index in [9.17, 15) is 4.79 Å². The molecular weight excluding hydrogens is 372 g/mol. The van der Waals surface area contributed by atoms with Crippen molar-refractivity contribution in [1.82, 2.24) is 29.2 Å². The molecule has 0 fully saturated rings. The number of rotatable bonds is 3. The molecule has 10 heteroatoms. The minimum absolute atomic E-state index is 0.190. The summed E-state index contributed by atoms with van der Waals surface area (Å²) in [5.41, 5.74) is 2.21. The third kappa shape index (κ3) is 2.18. The fourth-order valence-corrected chi connectivity index (χ4v) is 5.96. The molecule has 0 spiro atoms. The lowest BCUT2D eigenvalue weighted by molar-refractivity contribution is -0.137. The molecule has 4 aromatic rings. The normalized spacial score (nSPS) is 17.2. The van der Waals surface area contributed by atoms with Crippen LogP contribution < -0.4 is 0 Å². The van der Waals surface area contributed by atoms with Crippen molar-refractivity contribution in [3.05, 3.63) is 16.8 Å². The van der Waals surface area contributed by atoms with Gasteiger partial charge in [-0.2, -0.15) is 9.61 Å². The summed E-state index contributed by atoms with van der Waals surface area (Å²) in [6.45, 7) is 2.28. The lowest BCUT2D eigenvalue weighted by Crippen LogP contribution is -2.06. The SMILES string of the molecule is COC(=O)CSc1nnc2n3ncnc3c3c4c(sc3n12)CCC[C@@H]4C. The van der Waals surface area contributed by atoms with E-state index >= 15 is 0 Å². The maximum Gasteiger partial charge on any atom is 0.316 e. The second-order valence-electron chi connectivity index (χ2n) is 6.39. The minimum Gasteiger partial charge on any atom is -0.468 e. The number of methoxy groups -OCH3 is 1. The molecule has 0 aliphatic heterocycles. The Kier molecular flexibility index (Phi) is 3.64. The van der Waals surface area contributed by atoms with Crippen LogP contribution >= 0.6 is 23.1 Å². The van der Waals surface area contributed by atoms with Crippen molar-refractivity contribution < 1.29 is 9.53 Å². The molecule has 1 aliphatic rings. The zero-order valence-corrected chi connectivity index (χ0v) is 15.9. The monoisotopic (exact) mass is 388 g/mol. The van der Waals surface area contributed by atoms with Gasteiger partial charge in [-0.25, -0.2) is 9.38 Å². The molecule has 0 saturated carbocycles. The van der Waals surface area contributed by atoms with Gasteiger partial charge in [-0.05, 0) is 30.7 Å². The highest BCUT2D eigenvalue weighted by Crippen LogP contribution is 2.44. The standard InChI is InChI=1S/C16H16N6O2S2/c1-8-4-3-5-9-11(8)12-13-17-7-18-22(13)15-19-20-16(21(15)14(12)26-9)25-6-10(23)24-2/h7-8H,3-6H2,1-2H3/t8-/m0/s1. The summed E-state index contributed by atoms with van der Waals surface area (Å²) in [6, 6.07) is 0. The summed E-state index contributed by atoms with van der Waals surface area (Å²) < 4.78 is 8.49. The molecule has 0 amide bonds. The molecule has 1 aliphatic carbocycles. The van der Waals surface area contributed by atoms with Crippen molar-refractivity contribution in [2.45, 2.75) is 37.3 Å². The van der Waals surface area contributed by atoms with Gasteiger partial charge in [-0.15, -0.1) is 21.5 Å². The Bertz CT molecular complexity index is 1160. The molecule has 4 heterocycles. The number of esters is 1. The lowest BCUT2D eigenvalue weighted by Gasteiger charge is -2.18. The van der Waals surface area contributed by atoms with Crippen molar-refractivity contribution in [1.29, 1.82) is 0 Å². The molecule has 0 unspecified atom stereocenters. The van der Waals surface area contributed by atoms with E-state index in [2.05, 4.69) is 27.2 Å². The number of aromatic nitrogens is 6. The number of carbonyl (C=O) groups is 1. The number of aryl methyl sites for hydroxylation is 1. The minimum atomic E-state index is -0.288. The second-order valence-corrected chi connectivity index (χ2v) is 8.42. The van der Waals surface area contributed by atoms with E-state index < -0.39 is 0 Å². The van der Waals surface area contributed by atoms with E-state index in [0.29, 0.717) is 16.9 Å². The van der Waals surface area contributed by atoms with E-state index in [1.165, 1.54) is 42.2 Å². The van der Waals surface area contributed by atoms with Crippen LogP contribution in [0.5, 0.6) is 0 Å². The summed E-state index contributed by atoms with van der Waals surface area (Å²) in [7, 11) is 1.39. The molecule has 1 atom stereocenters. The maximum absolute atomic E-state index is 11.6. The van der Waals surface area contributed by atoms with Gasteiger partial charge in [0, 0.05) is 4.88 Å². The van der Waals surface area contributed by atoms with Crippen LogP contribution in [0.2, 0.25) is 0 Å². The van der Waals surface area contributed by atoms with E-state index in [4.69, 9.17) is 4.74 Å². The number of nitrogens with zero attached hydrogens (tertiary/aromatic N) is 6. The number of thioether (sulfide) groups is 1. The van der Waals surface area contributed by atoms with Gasteiger partial charge in [-0.1, -0.05) is 18.7 Å². The first-order valence-corrected chi connectivity index (χ1v) is 10.2. The van der Waals surface area contributed by atoms with Crippen LogP contribution in [0.4, 0.5) is 0 Å². The molecule has 26 heavy (non-hydrogen) atoms.